The summed E-state index contributed by atoms with van der Waals surface area (Å²) in [6, 6.07) is 6.91. The van der Waals surface area contributed by atoms with E-state index in [2.05, 4.69) is 35.0 Å². The highest BCUT2D eigenvalue weighted by Gasteiger charge is 2.29. The number of aryl methyl sites for hydroxylation is 4. The Kier molecular flexibility index (Phi) is 4.35. The number of fused-ring (bicyclic) bond motifs is 2. The van der Waals surface area contributed by atoms with Gasteiger partial charge in [-0.15, -0.1) is 0 Å². The van der Waals surface area contributed by atoms with E-state index in [1.807, 2.05) is 17.8 Å². The maximum absolute atomic E-state index is 10.7. The highest BCUT2D eigenvalue weighted by molar-refractivity contribution is 5.85. The van der Waals surface area contributed by atoms with Gasteiger partial charge in [0.05, 0.1) is 5.52 Å². The van der Waals surface area contributed by atoms with E-state index < -0.39 is 6.10 Å². The number of hydrogen-bond donors (Lipinski definition) is 1. The summed E-state index contributed by atoms with van der Waals surface area (Å²) in [5, 5.41) is 12.0. The maximum atomic E-state index is 10.7. The molecule has 1 aliphatic heterocycles. The zero-order valence-corrected chi connectivity index (χ0v) is 16.7. The molecule has 2 aromatic heterocycles. The standard InChI is InChI=1S/C23H28N4O/c1-15-12-21(25-20-14-18-5-3-4-17(18)13-19(15)20)27-9-6-16(7-10-27)22(28)23-24-8-11-26(23)2/h8,11-14,16,22,28H,3-7,9-10H2,1-2H3. The average Bonchev–Trinajstić information content (AvgIpc) is 3.34. The molecule has 1 N–H and O–H groups in total. The van der Waals surface area contributed by atoms with Gasteiger partial charge in [0, 0.05) is 37.9 Å². The fourth-order valence-electron chi connectivity index (χ4n) is 4.93. The number of nitrogens with zero attached hydrogens (tertiary/aromatic N) is 4. The Hall–Kier alpha value is -2.40. The molecule has 0 spiro atoms. The van der Waals surface area contributed by atoms with Crippen molar-refractivity contribution in [3.05, 3.63) is 53.1 Å². The van der Waals surface area contributed by atoms with Crippen LogP contribution in [0.5, 0.6) is 0 Å². The van der Waals surface area contributed by atoms with Gasteiger partial charge in [0.15, 0.2) is 0 Å². The first-order chi connectivity index (χ1) is 13.6. The highest BCUT2D eigenvalue weighted by Crippen LogP contribution is 2.34. The van der Waals surface area contributed by atoms with Gasteiger partial charge in [0.1, 0.15) is 17.7 Å². The minimum atomic E-state index is -0.490. The van der Waals surface area contributed by atoms with Crippen LogP contribution in [0.25, 0.3) is 10.9 Å². The molecule has 5 rings (SSSR count). The molecule has 0 radical (unpaired) electrons. The third-order valence-electron chi connectivity index (χ3n) is 6.65. The molecule has 0 amide bonds. The van der Waals surface area contributed by atoms with E-state index >= 15 is 0 Å². The second kappa shape index (κ2) is 6.89. The smallest absolute Gasteiger partial charge is 0.137 e. The Balaban J connectivity index is 1.35. The minimum absolute atomic E-state index is 0.252. The van der Waals surface area contributed by atoms with Crippen LogP contribution in [0.2, 0.25) is 0 Å². The van der Waals surface area contributed by atoms with Crippen LogP contribution in [0.1, 0.15) is 47.9 Å². The number of imidazole rings is 1. The van der Waals surface area contributed by atoms with Crippen LogP contribution in [0.4, 0.5) is 5.82 Å². The van der Waals surface area contributed by atoms with Crippen molar-refractivity contribution in [3.63, 3.8) is 0 Å². The molecule has 3 aromatic rings. The zero-order chi connectivity index (χ0) is 19.3. The fourth-order valence-corrected chi connectivity index (χ4v) is 4.93. The summed E-state index contributed by atoms with van der Waals surface area (Å²) in [6.45, 7) is 4.05. The third kappa shape index (κ3) is 2.98. The number of aliphatic hydroxyl groups is 1. The van der Waals surface area contributed by atoms with E-state index in [-0.39, 0.29) is 5.92 Å². The Morgan fingerprint density at radius 2 is 1.86 bits per heavy atom. The molecule has 1 saturated heterocycles. The topological polar surface area (TPSA) is 54.2 Å². The number of benzene rings is 1. The lowest BCUT2D eigenvalue weighted by molar-refractivity contribution is 0.0824. The predicted octanol–water partition coefficient (Wildman–Crippen LogP) is 3.72. The van der Waals surface area contributed by atoms with Crippen LogP contribution in [0, 0.1) is 12.8 Å². The molecule has 3 heterocycles. The molecule has 146 valence electrons. The van der Waals surface area contributed by atoms with Crippen molar-refractivity contribution in [1.29, 1.82) is 0 Å². The molecule has 5 heteroatoms. The summed E-state index contributed by atoms with van der Waals surface area (Å²) in [7, 11) is 1.94. The lowest BCUT2D eigenvalue weighted by Crippen LogP contribution is -2.36. The Labute approximate surface area is 166 Å². The lowest BCUT2D eigenvalue weighted by atomic mass is 9.90. The molecule has 0 bridgehead atoms. The largest absolute Gasteiger partial charge is 0.385 e. The quantitative estimate of drug-likeness (QED) is 0.757. The number of piperidine rings is 1. The van der Waals surface area contributed by atoms with Gasteiger partial charge in [-0.1, -0.05) is 0 Å². The minimum Gasteiger partial charge on any atom is -0.385 e. The molecular formula is C23H28N4O. The van der Waals surface area contributed by atoms with Crippen LogP contribution < -0.4 is 4.90 Å². The third-order valence-corrected chi connectivity index (χ3v) is 6.65. The second-order valence-corrected chi connectivity index (χ2v) is 8.45. The van der Waals surface area contributed by atoms with Gasteiger partial charge in [-0.2, -0.15) is 0 Å². The van der Waals surface area contributed by atoms with E-state index in [0.717, 1.165) is 43.1 Å². The van der Waals surface area contributed by atoms with E-state index in [4.69, 9.17) is 4.98 Å². The van der Waals surface area contributed by atoms with Gasteiger partial charge in [0.2, 0.25) is 0 Å². The second-order valence-electron chi connectivity index (χ2n) is 8.45. The van der Waals surface area contributed by atoms with Crippen molar-refractivity contribution in [2.24, 2.45) is 13.0 Å². The van der Waals surface area contributed by atoms with E-state index in [9.17, 15) is 5.11 Å². The summed E-state index contributed by atoms with van der Waals surface area (Å²) < 4.78 is 1.92. The van der Waals surface area contributed by atoms with Crippen molar-refractivity contribution < 1.29 is 5.11 Å². The van der Waals surface area contributed by atoms with Gasteiger partial charge < -0.3 is 14.6 Å². The molecular weight excluding hydrogens is 348 g/mol. The molecule has 1 atom stereocenters. The van der Waals surface area contributed by atoms with Crippen LogP contribution in [0.15, 0.2) is 30.6 Å². The number of aliphatic hydroxyl groups excluding tert-OH is 1. The average molecular weight is 377 g/mol. The normalized spacial score (nSPS) is 18.6. The first-order valence-corrected chi connectivity index (χ1v) is 10.4. The van der Waals surface area contributed by atoms with E-state index in [1.54, 1.807) is 6.20 Å². The summed E-state index contributed by atoms with van der Waals surface area (Å²) in [5.41, 5.74) is 5.43. The van der Waals surface area contributed by atoms with Crippen molar-refractivity contribution in [1.82, 2.24) is 14.5 Å². The molecule has 0 saturated carbocycles. The summed E-state index contributed by atoms with van der Waals surface area (Å²) in [5.74, 6) is 2.10. The van der Waals surface area contributed by atoms with Crippen LogP contribution >= 0.6 is 0 Å². The van der Waals surface area contributed by atoms with Crippen LogP contribution in [-0.2, 0) is 19.9 Å². The van der Waals surface area contributed by atoms with Crippen molar-refractivity contribution in [3.8, 4) is 0 Å². The highest BCUT2D eigenvalue weighted by atomic mass is 16.3. The molecule has 1 aromatic carbocycles. The SMILES string of the molecule is Cc1cc(N2CCC(C(O)c3nccn3C)CC2)nc2cc3c(cc12)CCC3. The van der Waals surface area contributed by atoms with Gasteiger partial charge in [0.25, 0.3) is 0 Å². The number of rotatable bonds is 3. The van der Waals surface area contributed by atoms with Crippen LogP contribution in [0.3, 0.4) is 0 Å². The van der Waals surface area contributed by atoms with Crippen LogP contribution in [-0.4, -0.2) is 32.7 Å². The Morgan fingerprint density at radius 1 is 1.11 bits per heavy atom. The summed E-state index contributed by atoms with van der Waals surface area (Å²) >= 11 is 0. The zero-order valence-electron chi connectivity index (χ0n) is 16.7. The maximum Gasteiger partial charge on any atom is 0.137 e. The van der Waals surface area contributed by atoms with Crippen molar-refractivity contribution in [2.75, 3.05) is 18.0 Å². The van der Waals surface area contributed by atoms with E-state index in [0.29, 0.717) is 0 Å². The van der Waals surface area contributed by atoms with Crippen molar-refractivity contribution >= 4 is 16.7 Å². The fraction of sp³-hybridized carbons (Fsp3) is 0.478. The molecule has 2 aliphatic rings. The Morgan fingerprint density at radius 3 is 2.57 bits per heavy atom. The number of aromatic nitrogens is 3. The van der Waals surface area contributed by atoms with E-state index in [1.165, 1.54) is 41.3 Å². The van der Waals surface area contributed by atoms with Crippen molar-refractivity contribution in [2.45, 2.75) is 45.1 Å². The Bertz CT molecular complexity index is 1020. The first kappa shape index (κ1) is 17.7. The number of hydrogen-bond acceptors (Lipinski definition) is 4. The summed E-state index contributed by atoms with van der Waals surface area (Å²) in [6.07, 6.45) is 8.73. The predicted molar refractivity (Wildman–Crippen MR) is 112 cm³/mol. The first-order valence-electron chi connectivity index (χ1n) is 10.4. The summed E-state index contributed by atoms with van der Waals surface area (Å²) in [4.78, 5) is 11.7. The van der Waals surface area contributed by atoms with Gasteiger partial charge in [-0.3, -0.25) is 0 Å². The number of anilines is 1. The van der Waals surface area contributed by atoms with Gasteiger partial charge in [-0.05, 0) is 79.8 Å². The molecule has 1 unspecified atom stereocenters. The molecule has 1 fully saturated rings. The molecule has 5 nitrogen and oxygen atoms in total. The monoisotopic (exact) mass is 376 g/mol. The molecule has 1 aliphatic carbocycles. The number of pyridine rings is 1. The van der Waals surface area contributed by atoms with Gasteiger partial charge in [-0.25, -0.2) is 9.97 Å². The lowest BCUT2D eigenvalue weighted by Gasteiger charge is -2.35. The van der Waals surface area contributed by atoms with Gasteiger partial charge >= 0.3 is 0 Å². The molecule has 28 heavy (non-hydrogen) atoms.